The van der Waals surface area contributed by atoms with E-state index in [0.717, 1.165) is 0 Å². The van der Waals surface area contributed by atoms with E-state index in [1.54, 1.807) is 27.7 Å². The number of carbonyl (C=O) groups is 8. The number of carboxylic acids is 1. The van der Waals surface area contributed by atoms with Crippen LogP contribution in [-0.2, 0) is 38.4 Å². The summed E-state index contributed by atoms with van der Waals surface area (Å²) in [4.78, 5) is 110. The summed E-state index contributed by atoms with van der Waals surface area (Å²) in [6.07, 6.45) is 6.26. The maximum Gasteiger partial charge on any atom is 0.326 e. The van der Waals surface area contributed by atoms with Gasteiger partial charge in [-0.15, -0.1) is 0 Å². The Morgan fingerprint density at radius 2 is 1.02 bits per heavy atom. The van der Waals surface area contributed by atoms with Crippen LogP contribution in [0.25, 0.3) is 0 Å². The second-order valence-corrected chi connectivity index (χ2v) is 18.8. The molecule has 0 radical (unpaired) electrons. The summed E-state index contributed by atoms with van der Waals surface area (Å²) in [6, 6.07) is -8.38. The summed E-state index contributed by atoms with van der Waals surface area (Å²) in [7, 11) is 0. The van der Waals surface area contributed by atoms with Crippen molar-refractivity contribution in [1.29, 1.82) is 0 Å². The number of aliphatic carboxylic acids is 1. The van der Waals surface area contributed by atoms with E-state index >= 15 is 0 Å². The van der Waals surface area contributed by atoms with Gasteiger partial charge in [0.2, 0.25) is 41.4 Å². The molecule has 0 aromatic carbocycles. The predicted octanol–water partition coefficient (Wildman–Crippen LogP) is 0.479. The summed E-state index contributed by atoms with van der Waals surface area (Å²) in [5, 5.41) is 26.4. The summed E-state index contributed by atoms with van der Waals surface area (Å²) >= 11 is 0. The minimum atomic E-state index is -1.17. The van der Waals surface area contributed by atoms with E-state index in [9.17, 15) is 43.5 Å². The predicted molar refractivity (Wildman–Crippen MR) is 254 cm³/mol. The number of nitrogens with one attached hydrogen (secondary N) is 6. The van der Waals surface area contributed by atoms with E-state index in [2.05, 4.69) is 31.9 Å². The van der Waals surface area contributed by atoms with Gasteiger partial charge in [-0.25, -0.2) is 4.79 Å². The van der Waals surface area contributed by atoms with Gasteiger partial charge in [0.15, 0.2) is 0 Å². The molecule has 1 rings (SSSR count). The van der Waals surface area contributed by atoms with Crippen LogP contribution in [0.3, 0.4) is 0 Å². The summed E-state index contributed by atoms with van der Waals surface area (Å²) in [6.45, 7) is 15.9. The minimum absolute atomic E-state index is 0.00168. The molecule has 1 fully saturated rings. The van der Waals surface area contributed by atoms with E-state index in [1.165, 1.54) is 4.90 Å². The molecule has 1 saturated heterocycles. The Balaban J connectivity index is 3.37. The lowest BCUT2D eigenvalue weighted by Gasteiger charge is -2.33. The van der Waals surface area contributed by atoms with E-state index in [0.29, 0.717) is 90.3 Å². The first-order chi connectivity index (χ1) is 31.2. The van der Waals surface area contributed by atoms with Crippen LogP contribution in [0.2, 0.25) is 0 Å². The second-order valence-electron chi connectivity index (χ2n) is 18.8. The van der Waals surface area contributed by atoms with Crippen molar-refractivity contribution in [2.45, 2.75) is 194 Å². The van der Waals surface area contributed by atoms with Crippen molar-refractivity contribution in [3.05, 3.63) is 0 Å². The van der Waals surface area contributed by atoms with E-state index < -0.39 is 113 Å². The zero-order chi connectivity index (χ0) is 50.1. The fraction of sp³-hybridized carbons (Fsp3) is 0.826. The summed E-state index contributed by atoms with van der Waals surface area (Å²) < 4.78 is 0. The third-order valence-electron chi connectivity index (χ3n) is 12.4. The van der Waals surface area contributed by atoms with E-state index in [4.69, 9.17) is 22.9 Å². The fourth-order valence-corrected chi connectivity index (χ4v) is 7.81. The van der Waals surface area contributed by atoms with Crippen LogP contribution in [0, 0.1) is 23.7 Å². The van der Waals surface area contributed by atoms with Crippen LogP contribution in [0.4, 0.5) is 0 Å². The van der Waals surface area contributed by atoms with Crippen molar-refractivity contribution in [3.8, 4) is 0 Å². The second kappa shape index (κ2) is 31.6. The van der Waals surface area contributed by atoms with Gasteiger partial charge in [0.05, 0.1) is 6.04 Å². The van der Waals surface area contributed by atoms with Crippen molar-refractivity contribution in [2.75, 3.05) is 26.2 Å². The van der Waals surface area contributed by atoms with Gasteiger partial charge < -0.3 is 64.8 Å². The van der Waals surface area contributed by atoms with Gasteiger partial charge in [0, 0.05) is 6.54 Å². The largest absolute Gasteiger partial charge is 0.480 e. The number of rotatable bonds is 33. The molecular weight excluding hydrogens is 851 g/mol. The van der Waals surface area contributed by atoms with Crippen molar-refractivity contribution in [2.24, 2.45) is 46.6 Å². The Morgan fingerprint density at radius 3 is 1.44 bits per heavy atom. The van der Waals surface area contributed by atoms with Crippen molar-refractivity contribution < 1.29 is 43.5 Å². The Bertz CT molecular complexity index is 1550. The fourth-order valence-electron chi connectivity index (χ4n) is 7.81. The van der Waals surface area contributed by atoms with Crippen LogP contribution >= 0.6 is 0 Å². The zero-order valence-corrected chi connectivity index (χ0v) is 41.1. The molecular formula is C46H87N11O9. The van der Waals surface area contributed by atoms with Crippen LogP contribution in [-0.4, -0.2) is 132 Å². The molecule has 20 heteroatoms. The molecule has 1 aliphatic rings. The molecule has 1 aliphatic heterocycles. The van der Waals surface area contributed by atoms with Crippen LogP contribution in [0.1, 0.15) is 145 Å². The number of nitrogens with zero attached hydrogens (tertiary/aromatic N) is 1. The molecule has 0 aromatic rings. The van der Waals surface area contributed by atoms with Gasteiger partial charge in [-0.1, -0.05) is 74.7 Å². The highest BCUT2D eigenvalue weighted by Crippen LogP contribution is 2.22. The van der Waals surface area contributed by atoms with Crippen molar-refractivity contribution in [1.82, 2.24) is 36.8 Å². The number of amides is 7. The van der Waals surface area contributed by atoms with E-state index in [1.807, 2.05) is 27.7 Å². The van der Waals surface area contributed by atoms with Crippen LogP contribution < -0.4 is 54.8 Å². The molecule has 0 bridgehead atoms. The minimum Gasteiger partial charge on any atom is -0.480 e. The molecule has 1 heterocycles. The lowest BCUT2D eigenvalue weighted by atomic mass is 9.95. The maximum absolute atomic E-state index is 14.2. The Morgan fingerprint density at radius 1 is 0.576 bits per heavy atom. The normalized spacial score (nSPS) is 17.9. The quantitative estimate of drug-likeness (QED) is 0.0400. The number of hydrogen-bond donors (Lipinski definition) is 11. The van der Waals surface area contributed by atoms with Gasteiger partial charge >= 0.3 is 5.97 Å². The molecule has 0 aromatic heterocycles. The summed E-state index contributed by atoms with van der Waals surface area (Å²) in [5.41, 5.74) is 23.2. The van der Waals surface area contributed by atoms with Crippen LogP contribution in [0.15, 0.2) is 0 Å². The first kappa shape index (κ1) is 59.6. The van der Waals surface area contributed by atoms with E-state index in [-0.39, 0.29) is 31.7 Å². The third kappa shape index (κ3) is 20.2. The number of nitrogens with two attached hydrogens (primary N) is 4. The standard InChI is InChI=1S/C46H87N11O9/c1-9-29(7)37(55-40(59)32(19-12-15-23-48)51-39(58)31(50)18-11-14-22-47)43(62)52-33(20-13-16-24-49)41(60)56-38(30(8)10-2)44(63)54-36(28(5)6)45(64)57-25-17-21-35(57)42(61)53-34(46(65)66)26-27(3)4/h27-38H,9-26,47-50H2,1-8H3,(H,51,58)(H,52,62)(H,53,61)(H,54,63)(H,55,59)(H,56,60)(H,65,66)/t29-,30-,31-,32-,33-,34-,35-,36-,37-,38-/m0/s1. The SMILES string of the molecule is CC[C@H](C)[C@H](NC(=O)[C@H](CCCCN)NC(=O)[C@@H](N)CCCCN)C(=O)N[C@@H](CCCCN)C(=O)N[C@H](C(=O)N[C@H](C(=O)N1CCC[C@H]1C(=O)N[C@@H](CC(C)C)C(=O)O)C(C)C)[C@@H](C)CC. The molecule has 0 saturated carbocycles. The first-order valence-corrected chi connectivity index (χ1v) is 24.4. The smallest absolute Gasteiger partial charge is 0.326 e. The average Bonchev–Trinajstić information content (AvgIpc) is 3.77. The number of unbranched alkanes of at least 4 members (excludes halogenated alkanes) is 3. The molecule has 0 spiro atoms. The van der Waals surface area contributed by atoms with Gasteiger partial charge in [-0.3, -0.25) is 33.6 Å². The van der Waals surface area contributed by atoms with Crippen molar-refractivity contribution >= 4 is 47.3 Å². The molecule has 0 aliphatic carbocycles. The molecule has 7 amide bonds. The van der Waals surface area contributed by atoms with Gasteiger partial charge in [-0.05, 0) is 114 Å². The van der Waals surface area contributed by atoms with Gasteiger partial charge in [-0.2, -0.15) is 0 Å². The zero-order valence-electron chi connectivity index (χ0n) is 41.1. The highest BCUT2D eigenvalue weighted by molar-refractivity contribution is 5.98. The molecule has 0 unspecified atom stereocenters. The molecule has 20 nitrogen and oxygen atoms in total. The monoisotopic (exact) mass is 938 g/mol. The molecule has 10 atom stereocenters. The lowest BCUT2D eigenvalue weighted by molar-refractivity contribution is -0.145. The topological polar surface area (TPSA) is 336 Å². The Labute approximate surface area is 393 Å². The number of carboxylic acid groups (broad SMARTS) is 1. The average molecular weight is 938 g/mol. The third-order valence-corrected chi connectivity index (χ3v) is 12.4. The number of hydrogen-bond acceptors (Lipinski definition) is 12. The molecule has 380 valence electrons. The molecule has 15 N–H and O–H groups in total. The van der Waals surface area contributed by atoms with Gasteiger partial charge in [0.1, 0.15) is 42.3 Å². The highest BCUT2D eigenvalue weighted by atomic mass is 16.4. The Kier molecular flexibility index (Phi) is 28.5. The van der Waals surface area contributed by atoms with Crippen molar-refractivity contribution in [3.63, 3.8) is 0 Å². The molecule has 66 heavy (non-hydrogen) atoms. The Hall–Kier alpha value is -4.40. The summed E-state index contributed by atoms with van der Waals surface area (Å²) in [5.74, 6) is -6.51. The van der Waals surface area contributed by atoms with Crippen LogP contribution in [0.5, 0.6) is 0 Å². The first-order valence-electron chi connectivity index (χ1n) is 24.4. The number of likely N-dealkylation sites (tertiary alicyclic amines) is 1. The highest BCUT2D eigenvalue weighted by Gasteiger charge is 2.41. The lowest BCUT2D eigenvalue weighted by Crippen LogP contribution is -2.62. The van der Waals surface area contributed by atoms with Gasteiger partial charge in [0.25, 0.3) is 0 Å². The maximum atomic E-state index is 14.2. The number of carbonyl (C=O) groups excluding carboxylic acids is 7.